The van der Waals surface area contributed by atoms with Gasteiger partial charge in [-0.15, -0.1) is 0 Å². The van der Waals surface area contributed by atoms with Gasteiger partial charge in [0.05, 0.1) is 37.1 Å². The van der Waals surface area contributed by atoms with Crippen molar-refractivity contribution in [3.05, 3.63) is 41.1 Å². The Bertz CT molecular complexity index is 844. The minimum atomic E-state index is -0.627. The number of ether oxygens (including phenoxy) is 3. The number of carbonyl (C=O) groups is 3. The molecule has 0 saturated carbocycles. The minimum Gasteiger partial charge on any atom is -0.494 e. The summed E-state index contributed by atoms with van der Waals surface area (Å²) < 4.78 is 15.9. The van der Waals surface area contributed by atoms with Gasteiger partial charge in [0.25, 0.3) is 0 Å². The normalized spacial score (nSPS) is 21.6. The van der Waals surface area contributed by atoms with Gasteiger partial charge in [-0.3, -0.25) is 9.69 Å². The van der Waals surface area contributed by atoms with Crippen LogP contribution in [0.4, 0.5) is 4.79 Å². The van der Waals surface area contributed by atoms with E-state index in [1.807, 2.05) is 6.92 Å². The van der Waals surface area contributed by atoms with Crippen molar-refractivity contribution in [1.29, 1.82) is 0 Å². The molecule has 0 spiro atoms. The van der Waals surface area contributed by atoms with Gasteiger partial charge in [-0.1, -0.05) is 12.1 Å². The zero-order valence-electron chi connectivity index (χ0n) is 16.2. The first-order valence-corrected chi connectivity index (χ1v) is 9.65. The fourth-order valence-corrected chi connectivity index (χ4v) is 3.70. The average Bonchev–Trinajstić information content (AvgIpc) is 3.13. The van der Waals surface area contributed by atoms with Crippen LogP contribution in [0.3, 0.4) is 0 Å². The quantitative estimate of drug-likeness (QED) is 0.734. The monoisotopic (exact) mass is 401 g/mol. The highest BCUT2D eigenvalue weighted by Crippen LogP contribution is 2.35. The number of morpholine rings is 1. The van der Waals surface area contributed by atoms with Crippen LogP contribution in [-0.2, 0) is 19.1 Å². The van der Waals surface area contributed by atoms with Crippen LogP contribution >= 0.6 is 0 Å². The van der Waals surface area contributed by atoms with Crippen LogP contribution < -0.4 is 10.1 Å². The zero-order chi connectivity index (χ0) is 20.4. The fraction of sp³-hybridized carbons (Fsp3) is 0.450. The van der Waals surface area contributed by atoms with E-state index in [0.29, 0.717) is 49.9 Å². The molecule has 1 fully saturated rings. The average molecular weight is 401 g/mol. The summed E-state index contributed by atoms with van der Waals surface area (Å²) >= 11 is 0. The third kappa shape index (κ3) is 3.77. The molecule has 9 nitrogen and oxygen atoms in total. The molecular formula is C20H23N3O6. The predicted octanol–water partition coefficient (Wildman–Crippen LogP) is 0.821. The second-order valence-corrected chi connectivity index (χ2v) is 6.90. The van der Waals surface area contributed by atoms with Crippen molar-refractivity contribution < 1.29 is 28.6 Å². The molecule has 0 radical (unpaired) electrons. The fourth-order valence-electron chi connectivity index (χ4n) is 3.70. The molecule has 9 heteroatoms. The minimum absolute atomic E-state index is 0.0223. The largest absolute Gasteiger partial charge is 0.494 e. The Balaban J connectivity index is 1.58. The Hall–Kier alpha value is -3.07. The van der Waals surface area contributed by atoms with Crippen LogP contribution in [0.5, 0.6) is 5.75 Å². The van der Waals surface area contributed by atoms with E-state index in [1.165, 1.54) is 4.90 Å². The van der Waals surface area contributed by atoms with Crippen molar-refractivity contribution in [2.75, 3.05) is 46.1 Å². The number of nitrogens with one attached hydrogen (secondary N) is 1. The van der Waals surface area contributed by atoms with Gasteiger partial charge in [0.2, 0.25) is 5.91 Å². The first-order valence-electron chi connectivity index (χ1n) is 9.65. The van der Waals surface area contributed by atoms with E-state index < -0.39 is 18.0 Å². The van der Waals surface area contributed by atoms with Gasteiger partial charge in [0, 0.05) is 13.1 Å². The summed E-state index contributed by atoms with van der Waals surface area (Å²) in [6.45, 7) is 4.22. The molecule has 0 unspecified atom stereocenters. The predicted molar refractivity (Wildman–Crippen MR) is 101 cm³/mol. The Morgan fingerprint density at radius 1 is 1.21 bits per heavy atom. The summed E-state index contributed by atoms with van der Waals surface area (Å²) in [5.74, 6) is 0.0381. The van der Waals surface area contributed by atoms with Crippen molar-refractivity contribution in [3.8, 4) is 5.75 Å². The number of hydrogen-bond donors (Lipinski definition) is 1. The Kier molecular flexibility index (Phi) is 5.39. The van der Waals surface area contributed by atoms with Crippen LogP contribution in [0, 0.1) is 0 Å². The number of benzene rings is 1. The summed E-state index contributed by atoms with van der Waals surface area (Å²) in [6.07, 6.45) is 0. The van der Waals surface area contributed by atoms with Crippen LogP contribution in [0.2, 0.25) is 0 Å². The molecule has 1 aromatic carbocycles. The number of nitrogens with zero attached hydrogens (tertiary/aromatic N) is 2. The highest BCUT2D eigenvalue weighted by molar-refractivity contribution is 5.98. The van der Waals surface area contributed by atoms with Gasteiger partial charge >= 0.3 is 12.0 Å². The Labute approximate surface area is 168 Å². The number of hydrogen-bond acceptors (Lipinski definition) is 6. The van der Waals surface area contributed by atoms with E-state index in [4.69, 9.17) is 14.2 Å². The van der Waals surface area contributed by atoms with Crippen molar-refractivity contribution >= 4 is 17.9 Å². The van der Waals surface area contributed by atoms with Crippen molar-refractivity contribution in [3.63, 3.8) is 0 Å². The highest BCUT2D eigenvalue weighted by Gasteiger charge is 2.43. The van der Waals surface area contributed by atoms with E-state index in [2.05, 4.69) is 5.32 Å². The molecule has 1 atom stereocenters. The number of rotatable bonds is 5. The van der Waals surface area contributed by atoms with E-state index in [0.717, 1.165) is 5.56 Å². The molecular weight excluding hydrogens is 378 g/mol. The Morgan fingerprint density at radius 2 is 1.93 bits per heavy atom. The SMILES string of the molecule is CCOc1ccc([C@@H]2NC(=O)N(CC(=O)N3CCOCC3)C3=C2C(=O)OC3)cc1. The molecule has 3 aliphatic heterocycles. The first kappa shape index (κ1) is 19.3. The van der Waals surface area contributed by atoms with Gasteiger partial charge in [-0.25, -0.2) is 9.59 Å². The van der Waals surface area contributed by atoms with Crippen LogP contribution in [0.25, 0.3) is 0 Å². The van der Waals surface area contributed by atoms with E-state index >= 15 is 0 Å². The molecule has 0 aromatic heterocycles. The number of carbonyl (C=O) groups excluding carboxylic acids is 3. The molecule has 4 rings (SSSR count). The van der Waals surface area contributed by atoms with Gasteiger partial charge in [0.15, 0.2) is 0 Å². The second kappa shape index (κ2) is 8.12. The number of cyclic esters (lactones) is 1. The zero-order valence-corrected chi connectivity index (χ0v) is 16.2. The summed E-state index contributed by atoms with van der Waals surface area (Å²) in [7, 11) is 0. The van der Waals surface area contributed by atoms with E-state index in [-0.39, 0.29) is 19.1 Å². The summed E-state index contributed by atoms with van der Waals surface area (Å²) in [5, 5.41) is 2.84. The topological polar surface area (TPSA) is 97.4 Å². The van der Waals surface area contributed by atoms with Gasteiger partial charge < -0.3 is 24.4 Å². The first-order chi connectivity index (χ1) is 14.1. The molecule has 154 valence electrons. The maximum absolute atomic E-state index is 12.8. The summed E-state index contributed by atoms with van der Waals surface area (Å²) in [5.41, 5.74) is 1.55. The van der Waals surface area contributed by atoms with Crippen LogP contribution in [-0.4, -0.2) is 73.8 Å². The van der Waals surface area contributed by atoms with E-state index in [9.17, 15) is 14.4 Å². The lowest BCUT2D eigenvalue weighted by atomic mass is 9.95. The lowest BCUT2D eigenvalue weighted by Gasteiger charge is -2.34. The molecule has 1 saturated heterocycles. The maximum Gasteiger partial charge on any atom is 0.338 e. The Morgan fingerprint density at radius 3 is 2.62 bits per heavy atom. The number of amides is 3. The van der Waals surface area contributed by atoms with Crippen molar-refractivity contribution in [2.24, 2.45) is 0 Å². The standard InChI is InChI=1S/C20H23N3O6/c1-2-28-14-5-3-13(4-6-14)18-17-15(12-29-19(17)25)23(20(26)21-18)11-16(24)22-7-9-27-10-8-22/h3-6,18H,2,7-12H2,1H3,(H,21,26)/t18-/m0/s1. The lowest BCUT2D eigenvalue weighted by Crippen LogP contribution is -2.52. The molecule has 1 aromatic rings. The maximum atomic E-state index is 12.8. The van der Waals surface area contributed by atoms with Crippen molar-refractivity contribution in [2.45, 2.75) is 13.0 Å². The molecule has 3 amide bonds. The third-order valence-corrected chi connectivity index (χ3v) is 5.18. The van der Waals surface area contributed by atoms with Crippen molar-refractivity contribution in [1.82, 2.24) is 15.1 Å². The number of urea groups is 1. The molecule has 0 bridgehead atoms. The second-order valence-electron chi connectivity index (χ2n) is 6.90. The smallest absolute Gasteiger partial charge is 0.338 e. The highest BCUT2D eigenvalue weighted by atomic mass is 16.5. The van der Waals surface area contributed by atoms with Gasteiger partial charge in [-0.2, -0.15) is 0 Å². The van der Waals surface area contributed by atoms with Gasteiger partial charge in [0.1, 0.15) is 18.9 Å². The van der Waals surface area contributed by atoms with Crippen LogP contribution in [0.1, 0.15) is 18.5 Å². The summed E-state index contributed by atoms with van der Waals surface area (Å²) in [4.78, 5) is 40.8. The molecule has 0 aliphatic carbocycles. The molecule has 3 aliphatic rings. The lowest BCUT2D eigenvalue weighted by molar-refractivity contribution is -0.136. The van der Waals surface area contributed by atoms with Gasteiger partial charge in [-0.05, 0) is 24.6 Å². The van der Waals surface area contributed by atoms with E-state index in [1.54, 1.807) is 29.2 Å². The summed E-state index contributed by atoms with van der Waals surface area (Å²) in [6, 6.07) is 6.14. The third-order valence-electron chi connectivity index (χ3n) is 5.18. The number of esters is 1. The molecule has 3 heterocycles. The molecule has 1 N–H and O–H groups in total. The molecule has 29 heavy (non-hydrogen) atoms. The van der Waals surface area contributed by atoms with Crippen LogP contribution in [0.15, 0.2) is 35.5 Å².